The highest BCUT2D eigenvalue weighted by Gasteiger charge is 2.22. The average Bonchev–Trinajstić information content (AvgIpc) is 2.80. The number of pyridine rings is 1. The number of H-pyrrole nitrogens is 1. The summed E-state index contributed by atoms with van der Waals surface area (Å²) in [4.78, 5) is 34.9. The van der Waals surface area contributed by atoms with E-state index in [2.05, 4.69) is 36.1 Å². The Hall–Kier alpha value is -2.63. The number of carbonyl (C=O) groups is 1. The van der Waals surface area contributed by atoms with Crippen LogP contribution in [0.1, 0.15) is 23.0 Å². The lowest BCUT2D eigenvalue weighted by atomic mass is 10.1. The Morgan fingerprint density at radius 3 is 2.64 bits per heavy atom. The second-order valence-corrected chi connectivity index (χ2v) is 9.06. The van der Waals surface area contributed by atoms with E-state index in [9.17, 15) is 14.0 Å². The number of amides is 1. The van der Waals surface area contributed by atoms with Crippen LogP contribution < -0.4 is 15.9 Å². The molecule has 0 atom stereocenters. The molecule has 2 aromatic heterocycles. The number of piperazine rings is 1. The molecule has 0 radical (unpaired) electrons. The summed E-state index contributed by atoms with van der Waals surface area (Å²) in [5, 5.41) is 3.27. The van der Waals surface area contributed by atoms with Crippen molar-refractivity contribution in [1.29, 1.82) is 0 Å². The van der Waals surface area contributed by atoms with Crippen molar-refractivity contribution >= 4 is 50.6 Å². The lowest BCUT2D eigenvalue weighted by molar-refractivity contribution is 0.0957. The quantitative estimate of drug-likeness (QED) is 0.386. The van der Waals surface area contributed by atoms with E-state index >= 15 is 0 Å². The number of aromatic nitrogens is 3. The molecule has 1 saturated heterocycles. The molecule has 1 amide bonds. The summed E-state index contributed by atoms with van der Waals surface area (Å²) in [7, 11) is 1.48. The molecule has 0 bridgehead atoms. The molecule has 1 aliphatic rings. The van der Waals surface area contributed by atoms with Crippen molar-refractivity contribution < 1.29 is 9.18 Å². The number of halogens is 2. The Morgan fingerprint density at radius 2 is 2.00 bits per heavy atom. The third kappa shape index (κ3) is 4.71. The molecule has 0 aliphatic carbocycles. The average molecular weight is 535 g/mol. The van der Waals surface area contributed by atoms with E-state index in [-0.39, 0.29) is 11.4 Å². The summed E-state index contributed by atoms with van der Waals surface area (Å²) in [5.41, 5.74) is 2.00. The summed E-state index contributed by atoms with van der Waals surface area (Å²) >= 11 is 9.14. The summed E-state index contributed by atoms with van der Waals surface area (Å²) in [6.45, 7) is 5.80. The zero-order chi connectivity index (χ0) is 23.7. The largest absolute Gasteiger partial charge is 0.365 e. The van der Waals surface area contributed by atoms with Gasteiger partial charge in [-0.2, -0.15) is 4.39 Å². The van der Waals surface area contributed by atoms with Crippen LogP contribution in [0.5, 0.6) is 0 Å². The molecule has 0 saturated carbocycles. The van der Waals surface area contributed by atoms with Gasteiger partial charge < -0.3 is 15.2 Å². The smallest absolute Gasteiger partial charge is 0.326 e. The maximum Gasteiger partial charge on any atom is 0.326 e. The monoisotopic (exact) mass is 534 g/mol. The number of anilines is 1. The highest BCUT2D eigenvalue weighted by Crippen LogP contribution is 2.26. The number of hydrogen-bond acceptors (Lipinski definition) is 6. The van der Waals surface area contributed by atoms with Gasteiger partial charge in [-0.15, -0.1) is 0 Å². The van der Waals surface area contributed by atoms with Gasteiger partial charge in [0.15, 0.2) is 0 Å². The van der Waals surface area contributed by atoms with Gasteiger partial charge in [-0.25, -0.2) is 9.78 Å². The predicted octanol–water partition coefficient (Wildman–Crippen LogP) is 3.06. The molecule has 0 unspecified atom stereocenters. The second kappa shape index (κ2) is 9.70. The molecule has 3 aromatic rings. The molecule has 1 aromatic carbocycles. The van der Waals surface area contributed by atoms with Crippen LogP contribution in [0, 0.1) is 10.6 Å². The molecule has 2 N–H and O–H groups in total. The molecular formula is C22H24BrFN6O2S. The van der Waals surface area contributed by atoms with Crippen molar-refractivity contribution in [2.45, 2.75) is 20.0 Å². The van der Waals surface area contributed by atoms with Gasteiger partial charge in [0.1, 0.15) is 10.3 Å². The van der Waals surface area contributed by atoms with Crippen LogP contribution in [0.2, 0.25) is 0 Å². The van der Waals surface area contributed by atoms with Crippen LogP contribution in [0.3, 0.4) is 0 Å². The van der Waals surface area contributed by atoms with E-state index in [1.165, 1.54) is 17.7 Å². The van der Waals surface area contributed by atoms with Crippen LogP contribution in [0.15, 0.2) is 33.5 Å². The first-order valence-corrected chi connectivity index (χ1v) is 11.8. The van der Waals surface area contributed by atoms with E-state index in [0.29, 0.717) is 36.5 Å². The third-order valence-electron chi connectivity index (χ3n) is 5.86. The van der Waals surface area contributed by atoms with Crippen LogP contribution in [0.4, 0.5) is 10.1 Å². The van der Waals surface area contributed by atoms with Crippen molar-refractivity contribution in [3.8, 4) is 0 Å². The SMILES string of the molecule is CCn1c(=O)[nH]c2cc(CN3CCN(c4ccc(C(=O)NC)nc4F)CC3)c(Br)cc2c1=S. The summed E-state index contributed by atoms with van der Waals surface area (Å²) in [6.07, 6.45) is 0. The topological polar surface area (TPSA) is 86.3 Å². The zero-order valence-corrected chi connectivity index (χ0v) is 20.7. The van der Waals surface area contributed by atoms with Gasteiger partial charge in [-0.05, 0) is 36.8 Å². The van der Waals surface area contributed by atoms with Gasteiger partial charge in [0.2, 0.25) is 5.95 Å². The summed E-state index contributed by atoms with van der Waals surface area (Å²) in [6, 6.07) is 7.06. The second-order valence-electron chi connectivity index (χ2n) is 7.82. The van der Waals surface area contributed by atoms with E-state index in [4.69, 9.17) is 12.2 Å². The normalized spacial score (nSPS) is 14.6. The van der Waals surface area contributed by atoms with Crippen LogP contribution in [-0.2, 0) is 13.1 Å². The summed E-state index contributed by atoms with van der Waals surface area (Å²) in [5.74, 6) is -1.06. The van der Waals surface area contributed by atoms with Gasteiger partial charge >= 0.3 is 5.69 Å². The predicted molar refractivity (Wildman–Crippen MR) is 132 cm³/mol. The maximum atomic E-state index is 14.5. The van der Waals surface area contributed by atoms with Crippen molar-refractivity contribution in [3.05, 3.63) is 61.1 Å². The van der Waals surface area contributed by atoms with Crippen LogP contribution >= 0.6 is 28.1 Å². The van der Waals surface area contributed by atoms with E-state index < -0.39 is 11.9 Å². The van der Waals surface area contributed by atoms with Gasteiger partial charge in [0, 0.05) is 56.2 Å². The lowest BCUT2D eigenvalue weighted by Gasteiger charge is -2.36. The first kappa shape index (κ1) is 23.5. The fourth-order valence-corrected chi connectivity index (χ4v) is 4.88. The molecule has 0 spiro atoms. The highest BCUT2D eigenvalue weighted by atomic mass is 79.9. The molecule has 174 valence electrons. The van der Waals surface area contributed by atoms with Crippen molar-refractivity contribution in [1.82, 2.24) is 24.8 Å². The fraction of sp³-hybridized carbons (Fsp3) is 0.364. The Kier molecular flexibility index (Phi) is 6.91. The number of nitrogens with one attached hydrogen (secondary N) is 2. The maximum absolute atomic E-state index is 14.5. The number of rotatable bonds is 5. The molecular weight excluding hydrogens is 511 g/mol. The lowest BCUT2D eigenvalue weighted by Crippen LogP contribution is -2.46. The molecule has 3 heterocycles. The molecule has 1 aliphatic heterocycles. The van der Waals surface area contributed by atoms with Gasteiger partial charge in [0.25, 0.3) is 5.91 Å². The van der Waals surface area contributed by atoms with Gasteiger partial charge in [-0.1, -0.05) is 28.1 Å². The Labute approximate surface area is 203 Å². The number of aromatic amines is 1. The number of hydrogen-bond donors (Lipinski definition) is 2. The van der Waals surface area contributed by atoms with Crippen molar-refractivity contribution in [3.63, 3.8) is 0 Å². The molecule has 8 nitrogen and oxygen atoms in total. The Morgan fingerprint density at radius 1 is 1.27 bits per heavy atom. The van der Waals surface area contributed by atoms with Crippen molar-refractivity contribution in [2.24, 2.45) is 0 Å². The zero-order valence-electron chi connectivity index (χ0n) is 18.3. The first-order valence-electron chi connectivity index (χ1n) is 10.6. The minimum Gasteiger partial charge on any atom is -0.365 e. The Balaban J connectivity index is 1.48. The van der Waals surface area contributed by atoms with Gasteiger partial charge in [-0.3, -0.25) is 14.3 Å². The van der Waals surface area contributed by atoms with Crippen LogP contribution in [0.25, 0.3) is 10.9 Å². The minimum absolute atomic E-state index is 0.0586. The molecule has 4 rings (SSSR count). The van der Waals surface area contributed by atoms with Gasteiger partial charge in [0.05, 0.1) is 11.2 Å². The third-order valence-corrected chi connectivity index (χ3v) is 7.04. The highest BCUT2D eigenvalue weighted by molar-refractivity contribution is 9.10. The van der Waals surface area contributed by atoms with Crippen molar-refractivity contribution in [2.75, 3.05) is 38.1 Å². The number of carbonyl (C=O) groups excluding carboxylic acids is 1. The standard InChI is InChI=1S/C22H24BrFN6O2S/c1-3-30-21(33)14-11-15(23)13(10-17(14)27-22(30)32)12-28-6-8-29(9-7-28)18-5-4-16(20(31)25-2)26-19(18)24/h4-5,10-11H,3,6-9,12H2,1-2H3,(H,25,31)(H,27,32). The van der Waals surface area contributed by atoms with Crippen LogP contribution in [-0.4, -0.2) is 58.6 Å². The first-order chi connectivity index (χ1) is 15.8. The number of nitrogens with zero attached hydrogens (tertiary/aromatic N) is 4. The fourth-order valence-electron chi connectivity index (χ4n) is 4.03. The number of benzene rings is 1. The summed E-state index contributed by atoms with van der Waals surface area (Å²) < 4.78 is 17.5. The molecule has 1 fully saturated rings. The molecule has 33 heavy (non-hydrogen) atoms. The Bertz CT molecular complexity index is 1330. The number of fused-ring (bicyclic) bond motifs is 1. The minimum atomic E-state index is -0.644. The van der Waals surface area contributed by atoms with E-state index in [0.717, 1.165) is 34.0 Å². The van der Waals surface area contributed by atoms with E-state index in [1.807, 2.05) is 24.0 Å². The van der Waals surface area contributed by atoms with E-state index in [1.54, 1.807) is 6.07 Å². The molecule has 11 heteroatoms.